The molecular weight excluding hydrogens is 504 g/mol. The fraction of sp³-hybridized carbons (Fsp3) is 0.259. The van der Waals surface area contributed by atoms with Crippen LogP contribution in [0.15, 0.2) is 60.2 Å². The van der Waals surface area contributed by atoms with Crippen LogP contribution in [0.4, 0.5) is 11.4 Å². The zero-order valence-electron chi connectivity index (χ0n) is 21.1. The first kappa shape index (κ1) is 25.1. The number of ether oxygens (including phenoxy) is 1. The molecule has 0 radical (unpaired) electrons. The summed E-state index contributed by atoms with van der Waals surface area (Å²) in [6.07, 6.45) is 3.63. The lowest BCUT2D eigenvalue weighted by atomic mass is 9.96. The summed E-state index contributed by atoms with van der Waals surface area (Å²) in [7, 11) is 1.50. The number of nitrogens with zero attached hydrogens (tertiary/aromatic N) is 4. The summed E-state index contributed by atoms with van der Waals surface area (Å²) < 4.78 is 7.13. The molecule has 1 aromatic carbocycles. The standard InChI is InChI=1S/C27H28N6O2S2/c1-16-13-19(8-9-21(16)30-23(34)15-35-4)33-25(24(31-26(33)36)22-7-5-6-10-28-22)20-14-17(2)32(18(20)3)27-29-11-12-37-27/h5-14,24-25H,15H2,1-4H3,(H,30,34)(H,31,36)/t24-,25-/m0/s1. The van der Waals surface area contributed by atoms with Gasteiger partial charge in [-0.2, -0.15) is 0 Å². The van der Waals surface area contributed by atoms with Gasteiger partial charge in [-0.25, -0.2) is 4.98 Å². The van der Waals surface area contributed by atoms with Crippen molar-refractivity contribution in [3.63, 3.8) is 0 Å². The van der Waals surface area contributed by atoms with Crippen LogP contribution < -0.4 is 15.5 Å². The lowest BCUT2D eigenvalue weighted by Crippen LogP contribution is -2.29. The second kappa shape index (κ2) is 10.4. The number of hydrogen-bond donors (Lipinski definition) is 2. The minimum atomic E-state index is -0.195. The molecule has 4 aromatic rings. The number of anilines is 2. The molecule has 10 heteroatoms. The lowest BCUT2D eigenvalue weighted by Gasteiger charge is -2.28. The van der Waals surface area contributed by atoms with Gasteiger partial charge in [0, 0.05) is 47.6 Å². The van der Waals surface area contributed by atoms with Gasteiger partial charge in [-0.05, 0) is 80.5 Å². The Bertz CT molecular complexity index is 1430. The molecule has 2 atom stereocenters. The summed E-state index contributed by atoms with van der Waals surface area (Å²) in [5.41, 5.74) is 6.87. The normalized spacial score (nSPS) is 17.2. The first-order valence-corrected chi connectivity index (χ1v) is 13.2. The Kier molecular flexibility index (Phi) is 7.05. The highest BCUT2D eigenvalue weighted by Crippen LogP contribution is 2.44. The number of hydrogen-bond acceptors (Lipinski definition) is 6. The predicted molar refractivity (Wildman–Crippen MR) is 151 cm³/mol. The zero-order chi connectivity index (χ0) is 26.1. The SMILES string of the molecule is COCC(=O)Nc1ccc(N2C(=S)N[C@@H](c3ccccn3)[C@@H]2c2cc(C)n(-c3nccs3)c2C)cc1C. The number of benzene rings is 1. The molecule has 5 rings (SSSR count). The van der Waals surface area contributed by atoms with E-state index in [2.05, 4.69) is 50.0 Å². The molecule has 37 heavy (non-hydrogen) atoms. The van der Waals surface area contributed by atoms with Gasteiger partial charge >= 0.3 is 0 Å². The number of carbonyl (C=O) groups is 1. The molecule has 1 aliphatic rings. The van der Waals surface area contributed by atoms with Gasteiger partial charge in [-0.3, -0.25) is 14.3 Å². The Labute approximate surface area is 225 Å². The highest BCUT2D eigenvalue weighted by Gasteiger charge is 2.42. The monoisotopic (exact) mass is 532 g/mol. The molecular formula is C27H28N6O2S2. The van der Waals surface area contributed by atoms with Crippen molar-refractivity contribution in [3.05, 3.63) is 88.4 Å². The number of thiocarbonyl (C=S) groups is 1. The highest BCUT2D eigenvalue weighted by molar-refractivity contribution is 7.80. The molecule has 3 aromatic heterocycles. The molecule has 4 heterocycles. The van der Waals surface area contributed by atoms with Crippen molar-refractivity contribution >= 4 is 45.9 Å². The maximum Gasteiger partial charge on any atom is 0.250 e. The highest BCUT2D eigenvalue weighted by atomic mass is 32.1. The zero-order valence-corrected chi connectivity index (χ0v) is 22.7. The molecule has 0 aliphatic carbocycles. The van der Waals surface area contributed by atoms with E-state index in [0.29, 0.717) is 5.11 Å². The molecule has 2 N–H and O–H groups in total. The second-order valence-corrected chi connectivity index (χ2v) is 10.2. The largest absolute Gasteiger partial charge is 0.375 e. The van der Waals surface area contributed by atoms with E-state index in [-0.39, 0.29) is 24.6 Å². The van der Waals surface area contributed by atoms with Crippen LogP contribution in [-0.2, 0) is 9.53 Å². The summed E-state index contributed by atoms with van der Waals surface area (Å²) in [4.78, 5) is 23.4. The smallest absolute Gasteiger partial charge is 0.250 e. The number of carbonyl (C=O) groups excluding carboxylic acids is 1. The van der Waals surface area contributed by atoms with Gasteiger partial charge in [-0.1, -0.05) is 6.07 Å². The lowest BCUT2D eigenvalue weighted by molar-refractivity contribution is -0.119. The van der Waals surface area contributed by atoms with Crippen LogP contribution in [0, 0.1) is 20.8 Å². The Morgan fingerprint density at radius 3 is 2.68 bits per heavy atom. The molecule has 0 unspecified atom stereocenters. The number of aryl methyl sites for hydroxylation is 2. The summed E-state index contributed by atoms with van der Waals surface area (Å²) in [5.74, 6) is -0.195. The minimum Gasteiger partial charge on any atom is -0.375 e. The number of amides is 1. The Hall–Kier alpha value is -3.60. The van der Waals surface area contributed by atoms with Gasteiger partial charge in [0.05, 0.1) is 17.8 Å². The number of pyridine rings is 1. The van der Waals surface area contributed by atoms with Crippen LogP contribution in [-0.4, -0.2) is 39.3 Å². The summed E-state index contributed by atoms with van der Waals surface area (Å²) in [6.45, 7) is 6.20. The van der Waals surface area contributed by atoms with Crippen LogP contribution in [0.25, 0.3) is 5.13 Å². The van der Waals surface area contributed by atoms with Crippen LogP contribution in [0.5, 0.6) is 0 Å². The van der Waals surface area contributed by atoms with Crippen molar-refractivity contribution in [3.8, 4) is 5.13 Å². The molecule has 1 aliphatic heterocycles. The van der Waals surface area contributed by atoms with Gasteiger partial charge in [0.2, 0.25) is 5.91 Å². The van der Waals surface area contributed by atoms with Gasteiger partial charge in [0.15, 0.2) is 10.2 Å². The van der Waals surface area contributed by atoms with Gasteiger partial charge in [-0.15, -0.1) is 11.3 Å². The van der Waals surface area contributed by atoms with Crippen molar-refractivity contribution in [2.75, 3.05) is 23.9 Å². The second-order valence-electron chi connectivity index (χ2n) is 8.95. The van der Waals surface area contributed by atoms with E-state index in [1.807, 2.05) is 54.9 Å². The van der Waals surface area contributed by atoms with E-state index in [1.165, 1.54) is 7.11 Å². The van der Waals surface area contributed by atoms with Crippen LogP contribution in [0.2, 0.25) is 0 Å². The fourth-order valence-corrected chi connectivity index (χ4v) is 6.01. The quantitative estimate of drug-likeness (QED) is 0.324. The molecule has 0 bridgehead atoms. The average Bonchev–Trinajstić information content (AvgIpc) is 3.59. The number of thiazole rings is 1. The Morgan fingerprint density at radius 1 is 1.16 bits per heavy atom. The maximum atomic E-state index is 12.1. The van der Waals surface area contributed by atoms with Gasteiger partial charge < -0.3 is 20.3 Å². The summed E-state index contributed by atoms with van der Waals surface area (Å²) >= 11 is 7.51. The topological polar surface area (TPSA) is 84.3 Å². The summed E-state index contributed by atoms with van der Waals surface area (Å²) in [6, 6.07) is 13.8. The number of rotatable bonds is 7. The molecule has 190 valence electrons. The van der Waals surface area contributed by atoms with E-state index in [0.717, 1.165) is 44.7 Å². The fourth-order valence-electron chi connectivity index (χ4n) is 4.91. The number of aromatic nitrogens is 3. The van der Waals surface area contributed by atoms with E-state index in [4.69, 9.17) is 17.0 Å². The van der Waals surface area contributed by atoms with Crippen molar-refractivity contribution < 1.29 is 9.53 Å². The van der Waals surface area contributed by atoms with Gasteiger partial charge in [0.25, 0.3) is 0 Å². The van der Waals surface area contributed by atoms with Crippen LogP contribution >= 0.6 is 23.6 Å². The van der Waals surface area contributed by atoms with E-state index < -0.39 is 0 Å². The van der Waals surface area contributed by atoms with Crippen molar-refractivity contribution in [2.24, 2.45) is 0 Å². The van der Waals surface area contributed by atoms with E-state index in [9.17, 15) is 4.79 Å². The molecule has 1 fully saturated rings. The molecule has 8 nitrogen and oxygen atoms in total. The number of methoxy groups -OCH3 is 1. The third-order valence-corrected chi connectivity index (χ3v) is 7.61. The molecule has 1 amide bonds. The minimum absolute atomic E-state index is 0.00384. The molecule has 0 saturated carbocycles. The first-order valence-electron chi connectivity index (χ1n) is 11.9. The predicted octanol–water partition coefficient (Wildman–Crippen LogP) is 5.02. The van der Waals surface area contributed by atoms with Crippen molar-refractivity contribution in [1.82, 2.24) is 19.9 Å². The Morgan fingerprint density at radius 2 is 2.00 bits per heavy atom. The molecule has 0 spiro atoms. The molecule has 1 saturated heterocycles. The van der Waals surface area contributed by atoms with Crippen LogP contribution in [0.1, 0.15) is 40.3 Å². The average molecular weight is 533 g/mol. The van der Waals surface area contributed by atoms with Crippen molar-refractivity contribution in [1.29, 1.82) is 0 Å². The maximum absolute atomic E-state index is 12.1. The Balaban J connectivity index is 1.60. The number of nitrogens with one attached hydrogen (secondary N) is 2. The van der Waals surface area contributed by atoms with E-state index >= 15 is 0 Å². The summed E-state index contributed by atoms with van der Waals surface area (Å²) in [5, 5.41) is 9.97. The first-order chi connectivity index (χ1) is 17.9. The van der Waals surface area contributed by atoms with Gasteiger partial charge in [0.1, 0.15) is 6.61 Å². The van der Waals surface area contributed by atoms with Crippen LogP contribution in [0.3, 0.4) is 0 Å². The third-order valence-electron chi connectivity index (χ3n) is 6.54. The van der Waals surface area contributed by atoms with E-state index in [1.54, 1.807) is 17.5 Å². The van der Waals surface area contributed by atoms with Crippen molar-refractivity contribution in [2.45, 2.75) is 32.9 Å². The third kappa shape index (κ3) is 4.75.